The first-order chi connectivity index (χ1) is 9.19. The van der Waals surface area contributed by atoms with Crippen LogP contribution in [-0.2, 0) is 0 Å². The van der Waals surface area contributed by atoms with Crippen molar-refractivity contribution in [2.45, 2.75) is 44.7 Å². The highest BCUT2D eigenvalue weighted by molar-refractivity contribution is 14.0. The molecule has 4 heteroatoms. The number of nitrogens with one attached hydrogen (secondary N) is 2. The second-order valence-corrected chi connectivity index (χ2v) is 5.99. The highest BCUT2D eigenvalue weighted by Gasteiger charge is 2.40. The highest BCUT2D eigenvalue weighted by atomic mass is 127. The van der Waals surface area contributed by atoms with Crippen LogP contribution >= 0.6 is 24.0 Å². The van der Waals surface area contributed by atoms with Gasteiger partial charge in [-0.1, -0.05) is 31.2 Å². The van der Waals surface area contributed by atoms with E-state index in [9.17, 15) is 0 Å². The van der Waals surface area contributed by atoms with Crippen molar-refractivity contribution in [3.8, 4) is 0 Å². The van der Waals surface area contributed by atoms with E-state index in [1.807, 2.05) is 7.05 Å². The summed E-state index contributed by atoms with van der Waals surface area (Å²) in [5, 5.41) is 7.03. The van der Waals surface area contributed by atoms with Gasteiger partial charge in [0.25, 0.3) is 0 Å². The predicted octanol–water partition coefficient (Wildman–Crippen LogP) is 3.04. The van der Waals surface area contributed by atoms with E-state index >= 15 is 0 Å². The maximum Gasteiger partial charge on any atom is 0.191 e. The lowest BCUT2D eigenvalue weighted by Crippen LogP contribution is -2.40. The van der Waals surface area contributed by atoms with Crippen molar-refractivity contribution in [3.63, 3.8) is 0 Å². The maximum atomic E-state index is 4.33. The second-order valence-electron chi connectivity index (χ2n) is 5.99. The van der Waals surface area contributed by atoms with Gasteiger partial charge in [-0.3, -0.25) is 4.99 Å². The standard InChI is InChI=1S/C16H23N3.HI/c1-10-6-4-5-7-12(10)13-9-15(13)19-16(17-3)18-14-8-11(14)2;/h4-7,11,13-15H,8-9H2,1-3H3,(H2,17,18,19);1H. The molecule has 0 heterocycles. The molecule has 2 fully saturated rings. The normalized spacial score (nSPS) is 31.2. The van der Waals surface area contributed by atoms with E-state index in [0.29, 0.717) is 18.0 Å². The van der Waals surface area contributed by atoms with Crippen molar-refractivity contribution in [2.75, 3.05) is 7.05 Å². The zero-order valence-electron chi connectivity index (χ0n) is 12.4. The second kappa shape index (κ2) is 6.33. The number of nitrogens with zero attached hydrogens (tertiary/aromatic N) is 1. The molecule has 0 spiro atoms. The number of halogens is 1. The Morgan fingerprint density at radius 1 is 1.15 bits per heavy atom. The molecule has 3 nitrogen and oxygen atoms in total. The van der Waals surface area contributed by atoms with Crippen LogP contribution in [-0.4, -0.2) is 25.1 Å². The predicted molar refractivity (Wildman–Crippen MR) is 94.9 cm³/mol. The average Bonchev–Trinajstić information content (AvgIpc) is 3.29. The maximum absolute atomic E-state index is 4.33. The van der Waals surface area contributed by atoms with E-state index in [2.05, 4.69) is 53.7 Å². The molecule has 0 bridgehead atoms. The molecule has 20 heavy (non-hydrogen) atoms. The van der Waals surface area contributed by atoms with Crippen molar-refractivity contribution in [3.05, 3.63) is 35.4 Å². The van der Waals surface area contributed by atoms with E-state index in [0.717, 1.165) is 11.9 Å². The minimum absolute atomic E-state index is 0. The molecule has 3 rings (SSSR count). The van der Waals surface area contributed by atoms with Crippen molar-refractivity contribution in [1.29, 1.82) is 0 Å². The summed E-state index contributed by atoms with van der Waals surface area (Å²) in [5.41, 5.74) is 2.88. The molecule has 0 aromatic heterocycles. The molecular formula is C16H24IN3. The fourth-order valence-corrected chi connectivity index (χ4v) is 2.75. The molecule has 2 aliphatic carbocycles. The summed E-state index contributed by atoms with van der Waals surface area (Å²) in [4.78, 5) is 4.33. The van der Waals surface area contributed by atoms with Gasteiger partial charge in [-0.25, -0.2) is 0 Å². The van der Waals surface area contributed by atoms with Gasteiger partial charge in [0.15, 0.2) is 5.96 Å². The Hall–Kier alpha value is -0.780. The first-order valence-electron chi connectivity index (χ1n) is 7.24. The lowest BCUT2D eigenvalue weighted by atomic mass is 10.0. The first kappa shape index (κ1) is 15.6. The molecule has 0 amide bonds. The molecule has 0 radical (unpaired) electrons. The number of hydrogen-bond donors (Lipinski definition) is 2. The fraction of sp³-hybridized carbons (Fsp3) is 0.562. The molecule has 2 saturated carbocycles. The van der Waals surface area contributed by atoms with Crippen LogP contribution in [0.15, 0.2) is 29.3 Å². The minimum atomic E-state index is 0. The average molecular weight is 385 g/mol. The Morgan fingerprint density at radius 3 is 2.40 bits per heavy atom. The van der Waals surface area contributed by atoms with Crippen LogP contribution in [0.1, 0.15) is 36.8 Å². The monoisotopic (exact) mass is 385 g/mol. The van der Waals surface area contributed by atoms with Gasteiger partial charge in [-0.05, 0) is 36.8 Å². The molecule has 0 aliphatic heterocycles. The number of guanidine groups is 1. The quantitative estimate of drug-likeness (QED) is 0.477. The third-order valence-electron chi connectivity index (χ3n) is 4.36. The van der Waals surface area contributed by atoms with Gasteiger partial charge >= 0.3 is 0 Å². The van der Waals surface area contributed by atoms with Crippen molar-refractivity contribution in [1.82, 2.24) is 10.6 Å². The van der Waals surface area contributed by atoms with Crippen LogP contribution in [0.5, 0.6) is 0 Å². The molecule has 4 atom stereocenters. The molecule has 1 aromatic carbocycles. The van der Waals surface area contributed by atoms with E-state index in [-0.39, 0.29) is 24.0 Å². The Kier molecular flexibility index (Phi) is 4.94. The zero-order chi connectivity index (χ0) is 13.4. The van der Waals surface area contributed by atoms with Crippen LogP contribution in [0.2, 0.25) is 0 Å². The largest absolute Gasteiger partial charge is 0.353 e. The minimum Gasteiger partial charge on any atom is -0.353 e. The van der Waals surface area contributed by atoms with Crippen LogP contribution in [0.25, 0.3) is 0 Å². The molecular weight excluding hydrogens is 361 g/mol. The summed E-state index contributed by atoms with van der Waals surface area (Å²) >= 11 is 0. The lowest BCUT2D eigenvalue weighted by Gasteiger charge is -2.12. The Balaban J connectivity index is 0.00000147. The van der Waals surface area contributed by atoms with Crippen LogP contribution in [0.3, 0.4) is 0 Å². The zero-order valence-corrected chi connectivity index (χ0v) is 14.7. The number of aryl methyl sites for hydroxylation is 1. The number of rotatable bonds is 3. The van der Waals surface area contributed by atoms with E-state index in [1.54, 1.807) is 0 Å². The molecule has 0 saturated heterocycles. The molecule has 4 unspecified atom stereocenters. The number of benzene rings is 1. The van der Waals surface area contributed by atoms with E-state index < -0.39 is 0 Å². The van der Waals surface area contributed by atoms with E-state index in [4.69, 9.17) is 0 Å². The van der Waals surface area contributed by atoms with Crippen molar-refractivity contribution >= 4 is 29.9 Å². The molecule has 2 N–H and O–H groups in total. The summed E-state index contributed by atoms with van der Waals surface area (Å²) in [6.07, 6.45) is 2.48. The summed E-state index contributed by atoms with van der Waals surface area (Å²) in [6.45, 7) is 4.47. The van der Waals surface area contributed by atoms with Crippen LogP contribution in [0, 0.1) is 12.8 Å². The third-order valence-corrected chi connectivity index (χ3v) is 4.36. The van der Waals surface area contributed by atoms with Crippen LogP contribution < -0.4 is 10.6 Å². The smallest absolute Gasteiger partial charge is 0.191 e. The topological polar surface area (TPSA) is 36.4 Å². The van der Waals surface area contributed by atoms with Crippen LogP contribution in [0.4, 0.5) is 0 Å². The van der Waals surface area contributed by atoms with Gasteiger partial charge in [0.1, 0.15) is 0 Å². The van der Waals surface area contributed by atoms with Gasteiger partial charge in [-0.15, -0.1) is 24.0 Å². The van der Waals surface area contributed by atoms with Gasteiger partial charge in [0.05, 0.1) is 0 Å². The van der Waals surface area contributed by atoms with Gasteiger partial charge in [-0.2, -0.15) is 0 Å². The lowest BCUT2D eigenvalue weighted by molar-refractivity contribution is 0.753. The third kappa shape index (κ3) is 3.45. The van der Waals surface area contributed by atoms with E-state index in [1.165, 1.54) is 24.0 Å². The van der Waals surface area contributed by atoms with Gasteiger partial charge < -0.3 is 10.6 Å². The van der Waals surface area contributed by atoms with Gasteiger partial charge in [0, 0.05) is 25.0 Å². The van der Waals surface area contributed by atoms with Crippen molar-refractivity contribution < 1.29 is 0 Å². The van der Waals surface area contributed by atoms with Crippen molar-refractivity contribution in [2.24, 2.45) is 10.9 Å². The number of hydrogen-bond acceptors (Lipinski definition) is 1. The Morgan fingerprint density at radius 2 is 1.80 bits per heavy atom. The first-order valence-corrected chi connectivity index (χ1v) is 7.24. The fourth-order valence-electron chi connectivity index (χ4n) is 2.75. The molecule has 110 valence electrons. The molecule has 1 aromatic rings. The summed E-state index contributed by atoms with van der Waals surface area (Å²) in [5.74, 6) is 2.41. The summed E-state index contributed by atoms with van der Waals surface area (Å²) in [6, 6.07) is 9.86. The SMILES string of the molecule is CN=C(NC1CC1C)NC1CC1c1ccccc1C.I. The van der Waals surface area contributed by atoms with Gasteiger partial charge in [0.2, 0.25) is 0 Å². The highest BCUT2D eigenvalue weighted by Crippen LogP contribution is 2.42. The number of aliphatic imine (C=N–C) groups is 1. The Bertz CT molecular complexity index is 500. The summed E-state index contributed by atoms with van der Waals surface area (Å²) in [7, 11) is 1.85. The summed E-state index contributed by atoms with van der Waals surface area (Å²) < 4.78 is 0. The Labute approximate surface area is 138 Å². The molecule has 2 aliphatic rings.